The van der Waals surface area contributed by atoms with Gasteiger partial charge in [-0.15, -0.1) is 0 Å². The van der Waals surface area contributed by atoms with Crippen molar-refractivity contribution < 1.29 is 0 Å². The van der Waals surface area contributed by atoms with Crippen molar-refractivity contribution >= 4 is 27.6 Å². The number of aliphatic imine (C=N–C) groups is 1. The molecule has 2 N–H and O–H groups in total. The molecule has 20 heavy (non-hydrogen) atoms. The van der Waals surface area contributed by atoms with Crippen LogP contribution in [0.15, 0.2) is 33.7 Å². The Balaban J connectivity index is 2.03. The molecule has 1 atom stereocenters. The Kier molecular flexibility index (Phi) is 3.32. The third kappa shape index (κ3) is 2.24. The number of nitrogens with zero attached hydrogens (tertiary/aromatic N) is 2. The Bertz CT molecular complexity index is 552. The van der Waals surface area contributed by atoms with Crippen LogP contribution in [0.1, 0.15) is 39.5 Å². The summed E-state index contributed by atoms with van der Waals surface area (Å²) in [4.78, 5) is 6.85. The van der Waals surface area contributed by atoms with E-state index in [1.165, 1.54) is 19.3 Å². The third-order valence-electron chi connectivity index (χ3n) is 4.64. The molecule has 2 aliphatic rings. The van der Waals surface area contributed by atoms with Gasteiger partial charge in [-0.25, -0.2) is 0 Å². The van der Waals surface area contributed by atoms with Gasteiger partial charge in [0.05, 0.1) is 17.8 Å². The van der Waals surface area contributed by atoms with Crippen molar-refractivity contribution in [2.45, 2.75) is 45.1 Å². The van der Waals surface area contributed by atoms with Crippen LogP contribution in [0.4, 0.5) is 5.69 Å². The first kappa shape index (κ1) is 13.9. The minimum absolute atomic E-state index is 0.0652. The van der Waals surface area contributed by atoms with Crippen LogP contribution in [-0.2, 0) is 0 Å². The first-order valence-corrected chi connectivity index (χ1v) is 8.08. The van der Waals surface area contributed by atoms with Crippen LogP contribution in [0.2, 0.25) is 0 Å². The molecule has 1 unspecified atom stereocenters. The van der Waals surface area contributed by atoms with Gasteiger partial charge in [-0.1, -0.05) is 32.4 Å². The smallest absolute Gasteiger partial charge is 0.196 e. The van der Waals surface area contributed by atoms with Crippen LogP contribution in [0.5, 0.6) is 0 Å². The number of benzene rings is 1. The number of halogens is 1. The molecule has 108 valence electrons. The molecular weight excluding hydrogens is 314 g/mol. The van der Waals surface area contributed by atoms with Gasteiger partial charge in [-0.2, -0.15) is 0 Å². The third-order valence-corrected chi connectivity index (χ3v) is 5.31. The highest BCUT2D eigenvalue weighted by Crippen LogP contribution is 2.48. The molecule has 0 amide bonds. The Morgan fingerprint density at radius 3 is 2.70 bits per heavy atom. The van der Waals surface area contributed by atoms with Gasteiger partial charge in [0, 0.05) is 4.47 Å². The van der Waals surface area contributed by atoms with E-state index in [1.54, 1.807) is 0 Å². The number of guanidine groups is 1. The molecule has 1 spiro atoms. The predicted molar refractivity (Wildman–Crippen MR) is 88.1 cm³/mol. The van der Waals surface area contributed by atoms with E-state index in [2.05, 4.69) is 57.9 Å². The predicted octanol–water partition coefficient (Wildman–Crippen LogP) is 3.92. The van der Waals surface area contributed by atoms with Gasteiger partial charge >= 0.3 is 0 Å². The summed E-state index contributed by atoms with van der Waals surface area (Å²) in [6.45, 7) is 5.55. The van der Waals surface area contributed by atoms with Gasteiger partial charge in [0.15, 0.2) is 5.96 Å². The van der Waals surface area contributed by atoms with Crippen LogP contribution < -0.4 is 10.6 Å². The molecule has 3 nitrogen and oxygen atoms in total. The first-order chi connectivity index (χ1) is 9.44. The number of hydrogen-bond donors (Lipinski definition) is 1. The fourth-order valence-electron chi connectivity index (χ4n) is 3.91. The van der Waals surface area contributed by atoms with Crippen molar-refractivity contribution in [3.8, 4) is 0 Å². The van der Waals surface area contributed by atoms with Crippen molar-refractivity contribution in [3.63, 3.8) is 0 Å². The second-order valence-corrected chi connectivity index (χ2v) is 7.73. The Labute approximate surface area is 129 Å². The molecule has 0 radical (unpaired) electrons. The second kappa shape index (κ2) is 4.76. The standard InChI is InChI=1S/C16H22BrN3/c1-15(2)8-5-9-16(10-15)11-19-14(18)20(16)13-7-4-3-6-12(13)17/h3-4,6-7H,5,8-11H2,1-2H3,(H2,18,19). The van der Waals surface area contributed by atoms with Gasteiger partial charge in [-0.05, 0) is 52.7 Å². The fraction of sp³-hybridized carbons (Fsp3) is 0.562. The minimum atomic E-state index is 0.0652. The normalized spacial score (nSPS) is 28.8. The molecular formula is C16H22BrN3. The molecule has 1 aliphatic heterocycles. The molecule has 0 aromatic heterocycles. The SMILES string of the molecule is CC1(C)CCCC2(CN=C(N)N2c2ccccc2Br)C1. The Morgan fingerprint density at radius 1 is 1.25 bits per heavy atom. The summed E-state index contributed by atoms with van der Waals surface area (Å²) in [5.74, 6) is 0.662. The molecule has 1 saturated carbocycles. The average molecular weight is 336 g/mol. The summed E-state index contributed by atoms with van der Waals surface area (Å²) >= 11 is 3.66. The van der Waals surface area contributed by atoms with Crippen LogP contribution >= 0.6 is 15.9 Å². The lowest BCUT2D eigenvalue weighted by Crippen LogP contribution is -2.55. The minimum Gasteiger partial charge on any atom is -0.369 e. The lowest BCUT2D eigenvalue weighted by atomic mass is 9.67. The molecule has 0 bridgehead atoms. The summed E-state index contributed by atoms with van der Waals surface area (Å²) in [7, 11) is 0. The van der Waals surface area contributed by atoms with Gasteiger partial charge in [0.2, 0.25) is 0 Å². The molecule has 1 fully saturated rings. The van der Waals surface area contributed by atoms with E-state index in [0.717, 1.165) is 23.1 Å². The quantitative estimate of drug-likeness (QED) is 0.844. The van der Waals surface area contributed by atoms with Crippen LogP contribution in [0.3, 0.4) is 0 Å². The van der Waals surface area contributed by atoms with Crippen molar-refractivity contribution in [1.82, 2.24) is 0 Å². The maximum Gasteiger partial charge on any atom is 0.196 e. The maximum atomic E-state index is 6.23. The number of hydrogen-bond acceptors (Lipinski definition) is 3. The highest BCUT2D eigenvalue weighted by Gasteiger charge is 2.48. The lowest BCUT2D eigenvalue weighted by Gasteiger charge is -2.48. The number of nitrogens with two attached hydrogens (primary N) is 1. The van der Waals surface area contributed by atoms with Crippen LogP contribution in [0.25, 0.3) is 0 Å². The average Bonchev–Trinajstić information content (AvgIpc) is 2.66. The Morgan fingerprint density at radius 2 is 2.00 bits per heavy atom. The zero-order valence-corrected chi connectivity index (χ0v) is 13.8. The Hall–Kier alpha value is -1.03. The van der Waals surface area contributed by atoms with Gasteiger partial charge in [-0.3, -0.25) is 4.99 Å². The van der Waals surface area contributed by atoms with E-state index in [1.807, 2.05) is 6.07 Å². The zero-order chi connectivity index (χ0) is 14.4. The number of anilines is 1. The molecule has 0 saturated heterocycles. The van der Waals surface area contributed by atoms with Crippen LogP contribution in [-0.4, -0.2) is 18.0 Å². The van der Waals surface area contributed by atoms with E-state index in [9.17, 15) is 0 Å². The molecule has 4 heteroatoms. The molecule has 1 heterocycles. The van der Waals surface area contributed by atoms with E-state index in [0.29, 0.717) is 11.4 Å². The monoisotopic (exact) mass is 335 g/mol. The largest absolute Gasteiger partial charge is 0.369 e. The molecule has 1 aliphatic carbocycles. The fourth-order valence-corrected chi connectivity index (χ4v) is 4.38. The molecule has 1 aromatic carbocycles. The molecule has 3 rings (SSSR count). The summed E-state index contributed by atoms with van der Waals surface area (Å²) in [6, 6.07) is 8.30. The number of para-hydroxylation sites is 1. The van der Waals surface area contributed by atoms with E-state index in [-0.39, 0.29) is 5.54 Å². The van der Waals surface area contributed by atoms with Crippen molar-refractivity contribution in [1.29, 1.82) is 0 Å². The van der Waals surface area contributed by atoms with Crippen molar-refractivity contribution in [2.24, 2.45) is 16.1 Å². The summed E-state index contributed by atoms with van der Waals surface area (Å²) < 4.78 is 1.09. The van der Waals surface area contributed by atoms with E-state index < -0.39 is 0 Å². The first-order valence-electron chi connectivity index (χ1n) is 7.28. The van der Waals surface area contributed by atoms with E-state index >= 15 is 0 Å². The highest BCUT2D eigenvalue weighted by atomic mass is 79.9. The zero-order valence-electron chi connectivity index (χ0n) is 12.2. The van der Waals surface area contributed by atoms with Gasteiger partial charge in [0.25, 0.3) is 0 Å². The molecule has 1 aromatic rings. The van der Waals surface area contributed by atoms with Gasteiger partial charge < -0.3 is 10.6 Å². The number of rotatable bonds is 1. The highest BCUT2D eigenvalue weighted by molar-refractivity contribution is 9.10. The van der Waals surface area contributed by atoms with Crippen molar-refractivity contribution in [2.75, 3.05) is 11.4 Å². The topological polar surface area (TPSA) is 41.6 Å². The summed E-state index contributed by atoms with van der Waals surface area (Å²) in [6.07, 6.45) is 4.85. The van der Waals surface area contributed by atoms with Crippen molar-refractivity contribution in [3.05, 3.63) is 28.7 Å². The van der Waals surface area contributed by atoms with E-state index in [4.69, 9.17) is 5.73 Å². The van der Waals surface area contributed by atoms with Gasteiger partial charge in [0.1, 0.15) is 0 Å². The second-order valence-electron chi connectivity index (χ2n) is 6.88. The lowest BCUT2D eigenvalue weighted by molar-refractivity contribution is 0.163. The summed E-state index contributed by atoms with van der Waals surface area (Å²) in [5.41, 5.74) is 7.80. The maximum absolute atomic E-state index is 6.23. The van der Waals surface area contributed by atoms with Crippen LogP contribution in [0, 0.1) is 5.41 Å². The summed E-state index contributed by atoms with van der Waals surface area (Å²) in [5, 5.41) is 0.